The summed E-state index contributed by atoms with van der Waals surface area (Å²) in [5, 5.41) is 12.2. The fraction of sp³-hybridized carbons (Fsp3) is 0.143. The van der Waals surface area contributed by atoms with Crippen molar-refractivity contribution in [2.45, 2.75) is 29.6 Å². The average Bonchev–Trinajstić information content (AvgIpc) is 2.95. The number of nitrogens with zero attached hydrogens (tertiary/aromatic N) is 1. The van der Waals surface area contributed by atoms with Gasteiger partial charge in [0.15, 0.2) is 5.03 Å². The highest BCUT2D eigenvalue weighted by atomic mass is 32.2. The molecule has 0 atom stereocenters. The van der Waals surface area contributed by atoms with Gasteiger partial charge in [0, 0.05) is 18.3 Å². The molecule has 4 rings (SSSR count). The number of hydrogen-bond donors (Lipinski definition) is 3. The molecule has 0 aliphatic carbocycles. The first-order chi connectivity index (χ1) is 19.0. The van der Waals surface area contributed by atoms with Gasteiger partial charge in [0.2, 0.25) is 9.84 Å². The zero-order valence-electron chi connectivity index (χ0n) is 21.3. The van der Waals surface area contributed by atoms with Gasteiger partial charge < -0.3 is 10.1 Å². The van der Waals surface area contributed by atoms with E-state index in [9.17, 15) is 31.6 Å². The molecular formula is C28H24F3N3O5S. The monoisotopic (exact) mass is 571 g/mol. The summed E-state index contributed by atoms with van der Waals surface area (Å²) in [6, 6.07) is 16.5. The van der Waals surface area contributed by atoms with E-state index < -0.39 is 27.5 Å². The highest BCUT2D eigenvalue weighted by Gasteiger charge is 2.30. The van der Waals surface area contributed by atoms with Gasteiger partial charge in [0.05, 0.1) is 28.8 Å². The van der Waals surface area contributed by atoms with E-state index in [0.29, 0.717) is 22.4 Å². The molecule has 3 aromatic carbocycles. The number of pyridine rings is 1. The molecule has 8 nitrogen and oxygen atoms in total. The lowest BCUT2D eigenvalue weighted by molar-refractivity contribution is -0.137. The second kappa shape index (κ2) is 11.4. The summed E-state index contributed by atoms with van der Waals surface area (Å²) in [4.78, 5) is 16.7. The van der Waals surface area contributed by atoms with E-state index in [4.69, 9.17) is 4.74 Å². The van der Waals surface area contributed by atoms with Crippen LogP contribution in [0.1, 0.15) is 27.0 Å². The van der Waals surface area contributed by atoms with Gasteiger partial charge in [-0.25, -0.2) is 18.9 Å². The normalized spacial score (nSPS) is 11.7. The van der Waals surface area contributed by atoms with Crippen molar-refractivity contribution in [3.63, 3.8) is 0 Å². The Morgan fingerprint density at radius 2 is 1.73 bits per heavy atom. The molecule has 0 spiro atoms. The maximum Gasteiger partial charge on any atom is 0.416 e. The molecule has 208 valence electrons. The number of hydroxylamine groups is 1. The summed E-state index contributed by atoms with van der Waals surface area (Å²) in [5.41, 5.74) is 2.20. The van der Waals surface area contributed by atoms with Gasteiger partial charge in [-0.3, -0.25) is 10.0 Å². The summed E-state index contributed by atoms with van der Waals surface area (Å²) in [6.07, 6.45) is -3.20. The number of ether oxygens (including phenoxy) is 1. The number of sulfone groups is 1. The number of alkyl halides is 3. The predicted octanol–water partition coefficient (Wildman–Crippen LogP) is 5.65. The first-order valence-electron chi connectivity index (χ1n) is 11.8. The Hall–Kier alpha value is -4.42. The molecule has 0 aliphatic heterocycles. The van der Waals surface area contributed by atoms with Crippen molar-refractivity contribution in [1.82, 2.24) is 10.5 Å². The molecular weight excluding hydrogens is 547 g/mol. The number of rotatable bonds is 8. The first kappa shape index (κ1) is 28.6. The number of benzene rings is 3. The molecule has 1 amide bonds. The topological polar surface area (TPSA) is 118 Å². The van der Waals surface area contributed by atoms with Crippen molar-refractivity contribution < 1.29 is 36.3 Å². The van der Waals surface area contributed by atoms with Crippen molar-refractivity contribution in [2.75, 3.05) is 12.4 Å². The number of amides is 1. The predicted molar refractivity (Wildman–Crippen MR) is 141 cm³/mol. The molecule has 0 aliphatic rings. The largest absolute Gasteiger partial charge is 0.497 e. The molecule has 0 saturated carbocycles. The zero-order chi connectivity index (χ0) is 29.1. The van der Waals surface area contributed by atoms with Crippen LogP contribution in [0.2, 0.25) is 0 Å². The van der Waals surface area contributed by atoms with Crippen molar-refractivity contribution in [2.24, 2.45) is 0 Å². The molecule has 40 heavy (non-hydrogen) atoms. The second-order valence-electron chi connectivity index (χ2n) is 8.74. The number of halogens is 3. The van der Waals surface area contributed by atoms with Crippen LogP contribution in [0.15, 0.2) is 88.9 Å². The van der Waals surface area contributed by atoms with Gasteiger partial charge in [-0.15, -0.1) is 0 Å². The van der Waals surface area contributed by atoms with E-state index in [2.05, 4.69) is 10.3 Å². The van der Waals surface area contributed by atoms with Gasteiger partial charge in [-0.05, 0) is 78.2 Å². The Balaban J connectivity index is 1.70. The number of anilines is 1. The highest BCUT2D eigenvalue weighted by Crippen LogP contribution is 2.35. The molecule has 0 radical (unpaired) electrons. The number of hydrogen-bond acceptors (Lipinski definition) is 7. The minimum Gasteiger partial charge on any atom is -0.497 e. The van der Waals surface area contributed by atoms with Crippen LogP contribution in [0.3, 0.4) is 0 Å². The number of nitrogens with one attached hydrogen (secondary N) is 2. The molecule has 0 unspecified atom stereocenters. The fourth-order valence-electron chi connectivity index (χ4n) is 4.15. The van der Waals surface area contributed by atoms with Crippen LogP contribution in [0.4, 0.5) is 18.9 Å². The van der Waals surface area contributed by atoms with Crippen LogP contribution in [-0.4, -0.2) is 31.6 Å². The maximum atomic E-state index is 13.3. The van der Waals surface area contributed by atoms with E-state index in [-0.39, 0.29) is 33.3 Å². The SMILES string of the molecule is COc1ccc(S(=O)(=O)c2ncccc2CNc2c(C)cc(-c3cccc(C(F)(F)F)c3)cc2C(=O)NO)cc1. The first-order valence-corrected chi connectivity index (χ1v) is 13.3. The number of aryl methyl sites for hydroxylation is 1. The fourth-order valence-corrected chi connectivity index (χ4v) is 5.56. The number of carbonyl (C=O) groups excluding carboxylic acids is 1. The third-order valence-corrected chi connectivity index (χ3v) is 7.90. The second-order valence-corrected chi connectivity index (χ2v) is 10.6. The van der Waals surface area contributed by atoms with Crippen molar-refractivity contribution in [1.29, 1.82) is 0 Å². The van der Waals surface area contributed by atoms with Crippen LogP contribution in [0, 0.1) is 6.92 Å². The lowest BCUT2D eigenvalue weighted by Crippen LogP contribution is -2.21. The number of carbonyl (C=O) groups is 1. The summed E-state index contributed by atoms with van der Waals surface area (Å²) in [6.45, 7) is 1.56. The molecule has 1 heterocycles. The molecule has 3 N–H and O–H groups in total. The third-order valence-electron chi connectivity index (χ3n) is 6.13. The minimum atomic E-state index is -4.55. The minimum absolute atomic E-state index is 0.00946. The summed E-state index contributed by atoms with van der Waals surface area (Å²) in [7, 11) is -2.55. The van der Waals surface area contributed by atoms with Crippen LogP contribution < -0.4 is 15.5 Å². The molecule has 1 aromatic heterocycles. The maximum absolute atomic E-state index is 13.3. The molecule has 0 saturated heterocycles. The van der Waals surface area contributed by atoms with E-state index in [1.165, 1.54) is 55.8 Å². The van der Waals surface area contributed by atoms with Gasteiger partial charge in [-0.2, -0.15) is 13.2 Å². The Labute approximate surface area is 228 Å². The Bertz CT molecular complexity index is 1660. The number of methoxy groups -OCH3 is 1. The summed E-state index contributed by atoms with van der Waals surface area (Å²) < 4.78 is 71.5. The lowest BCUT2D eigenvalue weighted by atomic mass is 9.96. The van der Waals surface area contributed by atoms with Crippen molar-refractivity contribution in [3.8, 4) is 16.9 Å². The molecule has 4 aromatic rings. The quantitative estimate of drug-likeness (QED) is 0.185. The van der Waals surface area contributed by atoms with E-state index >= 15 is 0 Å². The standard InChI is InChI=1S/C28H24F3N3O5S/c1-17-13-20(18-5-3-7-21(14-18)28(29,30)31)15-24(26(35)34-36)25(17)33-16-19-6-4-12-32-27(19)40(37,38)23-10-8-22(39-2)9-11-23/h3-15,33,36H,16H2,1-2H3,(H,34,35). The van der Waals surface area contributed by atoms with Crippen LogP contribution in [0.5, 0.6) is 5.75 Å². The molecule has 0 fully saturated rings. The van der Waals surface area contributed by atoms with Gasteiger partial charge in [0.25, 0.3) is 5.91 Å². The van der Waals surface area contributed by atoms with Gasteiger partial charge in [-0.1, -0.05) is 18.2 Å². The number of aromatic nitrogens is 1. The lowest BCUT2D eigenvalue weighted by Gasteiger charge is -2.18. The van der Waals surface area contributed by atoms with Crippen molar-refractivity contribution in [3.05, 3.63) is 101 Å². The smallest absolute Gasteiger partial charge is 0.416 e. The molecule has 0 bridgehead atoms. The molecule has 12 heteroatoms. The van der Waals surface area contributed by atoms with Gasteiger partial charge in [0.1, 0.15) is 5.75 Å². The van der Waals surface area contributed by atoms with E-state index in [0.717, 1.165) is 12.1 Å². The van der Waals surface area contributed by atoms with Gasteiger partial charge >= 0.3 is 6.18 Å². The Morgan fingerprint density at radius 1 is 1.00 bits per heavy atom. The van der Waals surface area contributed by atoms with Crippen LogP contribution in [0.25, 0.3) is 11.1 Å². The average molecular weight is 572 g/mol. The van der Waals surface area contributed by atoms with E-state index in [1.807, 2.05) is 0 Å². The Kier molecular flexibility index (Phi) is 8.12. The zero-order valence-corrected chi connectivity index (χ0v) is 22.1. The van der Waals surface area contributed by atoms with Crippen LogP contribution in [-0.2, 0) is 22.6 Å². The summed E-state index contributed by atoms with van der Waals surface area (Å²) in [5.74, 6) is -0.419. The third kappa shape index (κ3) is 5.92. The Morgan fingerprint density at radius 3 is 2.38 bits per heavy atom. The van der Waals surface area contributed by atoms with Crippen LogP contribution >= 0.6 is 0 Å². The van der Waals surface area contributed by atoms with Crippen molar-refractivity contribution >= 4 is 21.4 Å². The van der Waals surface area contributed by atoms with E-state index in [1.54, 1.807) is 30.6 Å². The highest BCUT2D eigenvalue weighted by molar-refractivity contribution is 7.91. The summed E-state index contributed by atoms with van der Waals surface area (Å²) >= 11 is 0.